The van der Waals surface area contributed by atoms with E-state index in [1.165, 1.54) is 0 Å². The SMILES string of the molecule is CC(C)(O)C1CCCN1C(=O)NC1CCN(c2ccccn2)C1. The Kier molecular flexibility index (Phi) is 4.43. The van der Waals surface area contributed by atoms with Gasteiger partial charge in [-0.2, -0.15) is 0 Å². The number of amides is 2. The smallest absolute Gasteiger partial charge is 0.318 e. The molecule has 0 radical (unpaired) electrons. The second-order valence-corrected chi connectivity index (χ2v) is 7.07. The summed E-state index contributed by atoms with van der Waals surface area (Å²) >= 11 is 0. The molecule has 0 aliphatic carbocycles. The van der Waals surface area contributed by atoms with Crippen molar-refractivity contribution in [1.82, 2.24) is 15.2 Å². The molecule has 0 spiro atoms. The van der Waals surface area contributed by atoms with Gasteiger partial charge in [0.25, 0.3) is 0 Å². The number of carbonyl (C=O) groups excluding carboxylic acids is 1. The largest absolute Gasteiger partial charge is 0.388 e. The lowest BCUT2D eigenvalue weighted by molar-refractivity contribution is 0.00953. The van der Waals surface area contributed by atoms with Gasteiger partial charge in [0.2, 0.25) is 0 Å². The molecule has 3 heterocycles. The number of nitrogens with zero attached hydrogens (tertiary/aromatic N) is 3. The third-order valence-electron chi connectivity index (χ3n) is 4.82. The predicted octanol–water partition coefficient (Wildman–Crippen LogP) is 1.61. The van der Waals surface area contributed by atoms with E-state index in [1.54, 1.807) is 24.9 Å². The Bertz CT molecular complexity index is 543. The maximum atomic E-state index is 12.6. The first kappa shape index (κ1) is 16.1. The summed E-state index contributed by atoms with van der Waals surface area (Å²) < 4.78 is 0. The zero-order chi connectivity index (χ0) is 16.4. The van der Waals surface area contributed by atoms with E-state index < -0.39 is 5.60 Å². The minimum atomic E-state index is -0.858. The van der Waals surface area contributed by atoms with Gasteiger partial charge in [0.15, 0.2) is 0 Å². The molecule has 2 fully saturated rings. The van der Waals surface area contributed by atoms with Crippen molar-refractivity contribution < 1.29 is 9.90 Å². The van der Waals surface area contributed by atoms with Gasteiger partial charge in [-0.1, -0.05) is 6.07 Å². The van der Waals surface area contributed by atoms with E-state index >= 15 is 0 Å². The second kappa shape index (κ2) is 6.35. The first-order valence-corrected chi connectivity index (χ1v) is 8.40. The molecular weight excluding hydrogens is 292 g/mol. The van der Waals surface area contributed by atoms with Gasteiger partial charge in [-0.05, 0) is 45.2 Å². The van der Waals surface area contributed by atoms with Crippen LogP contribution in [0.5, 0.6) is 0 Å². The lowest BCUT2D eigenvalue weighted by atomic mass is 9.97. The Morgan fingerprint density at radius 1 is 1.35 bits per heavy atom. The Morgan fingerprint density at radius 2 is 2.17 bits per heavy atom. The molecule has 2 aliphatic heterocycles. The van der Waals surface area contributed by atoms with E-state index in [9.17, 15) is 9.90 Å². The molecule has 6 nitrogen and oxygen atoms in total. The van der Waals surface area contributed by atoms with E-state index in [2.05, 4.69) is 15.2 Å². The summed E-state index contributed by atoms with van der Waals surface area (Å²) in [5.41, 5.74) is -0.858. The van der Waals surface area contributed by atoms with Crippen LogP contribution in [0.15, 0.2) is 24.4 Å². The summed E-state index contributed by atoms with van der Waals surface area (Å²) in [6.07, 6.45) is 4.52. The van der Waals surface area contributed by atoms with E-state index in [0.29, 0.717) is 0 Å². The summed E-state index contributed by atoms with van der Waals surface area (Å²) in [4.78, 5) is 20.9. The molecule has 1 aromatic heterocycles. The molecule has 2 aliphatic rings. The standard InChI is InChI=1S/C17H26N4O2/c1-17(2,23)14-6-5-10-21(14)16(22)19-13-8-11-20(12-13)15-7-3-4-9-18-15/h3-4,7,9,13-14,23H,5-6,8,10-12H2,1-2H3,(H,19,22). The van der Waals surface area contributed by atoms with E-state index in [1.807, 2.05) is 18.2 Å². The Hall–Kier alpha value is -1.82. The van der Waals surface area contributed by atoms with E-state index in [4.69, 9.17) is 0 Å². The van der Waals surface area contributed by atoms with Gasteiger partial charge in [0.1, 0.15) is 5.82 Å². The molecule has 126 valence electrons. The van der Waals surface area contributed by atoms with Gasteiger partial charge in [-0.15, -0.1) is 0 Å². The summed E-state index contributed by atoms with van der Waals surface area (Å²) in [7, 11) is 0. The molecule has 2 amide bonds. The number of hydrogen-bond donors (Lipinski definition) is 2. The van der Waals surface area contributed by atoms with E-state index in [-0.39, 0.29) is 18.1 Å². The molecule has 1 aromatic rings. The minimum Gasteiger partial charge on any atom is -0.388 e. The van der Waals surface area contributed by atoms with Crippen LogP contribution in [-0.4, -0.2) is 58.3 Å². The number of aromatic nitrogens is 1. The molecule has 6 heteroatoms. The normalized spacial score (nSPS) is 25.0. The third-order valence-corrected chi connectivity index (χ3v) is 4.82. The topological polar surface area (TPSA) is 68.7 Å². The number of aliphatic hydroxyl groups is 1. The number of urea groups is 1. The molecule has 0 saturated carbocycles. The molecule has 0 aromatic carbocycles. The molecule has 2 unspecified atom stereocenters. The summed E-state index contributed by atoms with van der Waals surface area (Å²) in [5.74, 6) is 0.958. The average Bonchev–Trinajstić information content (AvgIpc) is 3.16. The van der Waals surface area contributed by atoms with Crippen molar-refractivity contribution in [3.8, 4) is 0 Å². The van der Waals surface area contributed by atoms with Crippen molar-refractivity contribution in [2.24, 2.45) is 0 Å². The fourth-order valence-electron chi connectivity index (χ4n) is 3.63. The minimum absolute atomic E-state index is 0.0532. The fourth-order valence-corrected chi connectivity index (χ4v) is 3.63. The van der Waals surface area contributed by atoms with Gasteiger partial charge >= 0.3 is 6.03 Å². The van der Waals surface area contributed by atoms with Crippen molar-refractivity contribution in [3.63, 3.8) is 0 Å². The van der Waals surface area contributed by atoms with Crippen molar-refractivity contribution in [3.05, 3.63) is 24.4 Å². The van der Waals surface area contributed by atoms with Crippen LogP contribution < -0.4 is 10.2 Å². The highest BCUT2D eigenvalue weighted by Crippen LogP contribution is 2.27. The molecule has 2 atom stereocenters. The molecule has 3 rings (SSSR count). The van der Waals surface area contributed by atoms with Crippen LogP contribution in [0.4, 0.5) is 10.6 Å². The number of anilines is 1. The zero-order valence-electron chi connectivity index (χ0n) is 13.9. The van der Waals surface area contributed by atoms with Crippen LogP contribution in [0, 0.1) is 0 Å². The van der Waals surface area contributed by atoms with Gasteiger partial charge in [-0.25, -0.2) is 9.78 Å². The number of hydrogen-bond acceptors (Lipinski definition) is 4. The molecular formula is C17H26N4O2. The first-order chi connectivity index (χ1) is 10.9. The molecule has 0 bridgehead atoms. The van der Waals surface area contributed by atoms with Gasteiger partial charge in [0.05, 0.1) is 11.6 Å². The molecule has 23 heavy (non-hydrogen) atoms. The number of nitrogens with one attached hydrogen (secondary N) is 1. The van der Waals surface area contributed by atoms with Crippen molar-refractivity contribution in [1.29, 1.82) is 0 Å². The highest BCUT2D eigenvalue weighted by molar-refractivity contribution is 5.75. The second-order valence-electron chi connectivity index (χ2n) is 7.07. The maximum absolute atomic E-state index is 12.6. The summed E-state index contributed by atoms with van der Waals surface area (Å²) in [6, 6.07) is 5.86. The van der Waals surface area contributed by atoms with Crippen molar-refractivity contribution >= 4 is 11.8 Å². The number of likely N-dealkylation sites (tertiary alicyclic amines) is 1. The number of carbonyl (C=O) groups is 1. The highest BCUT2D eigenvalue weighted by Gasteiger charge is 2.39. The lowest BCUT2D eigenvalue weighted by Crippen LogP contribution is -2.53. The van der Waals surface area contributed by atoms with Crippen LogP contribution in [0.3, 0.4) is 0 Å². The van der Waals surface area contributed by atoms with Crippen LogP contribution in [-0.2, 0) is 0 Å². The lowest BCUT2D eigenvalue weighted by Gasteiger charge is -2.34. The number of rotatable bonds is 3. The van der Waals surface area contributed by atoms with Crippen molar-refractivity contribution in [2.45, 2.75) is 50.8 Å². The fraction of sp³-hybridized carbons (Fsp3) is 0.647. The summed E-state index contributed by atoms with van der Waals surface area (Å²) in [5, 5.41) is 13.4. The predicted molar refractivity (Wildman–Crippen MR) is 89.4 cm³/mol. The highest BCUT2D eigenvalue weighted by atomic mass is 16.3. The average molecular weight is 318 g/mol. The third kappa shape index (κ3) is 3.58. The van der Waals surface area contributed by atoms with Crippen LogP contribution in [0.1, 0.15) is 33.1 Å². The van der Waals surface area contributed by atoms with Crippen molar-refractivity contribution in [2.75, 3.05) is 24.5 Å². The van der Waals surface area contributed by atoms with Crippen LogP contribution >= 0.6 is 0 Å². The molecule has 2 saturated heterocycles. The summed E-state index contributed by atoms with van der Waals surface area (Å²) in [6.45, 7) is 5.96. The Balaban J connectivity index is 1.57. The van der Waals surface area contributed by atoms with Gasteiger partial charge < -0.3 is 20.2 Å². The quantitative estimate of drug-likeness (QED) is 0.888. The van der Waals surface area contributed by atoms with Gasteiger partial charge in [-0.3, -0.25) is 0 Å². The monoisotopic (exact) mass is 318 g/mol. The maximum Gasteiger partial charge on any atom is 0.318 e. The first-order valence-electron chi connectivity index (χ1n) is 8.40. The zero-order valence-corrected chi connectivity index (χ0v) is 13.9. The Morgan fingerprint density at radius 3 is 2.87 bits per heavy atom. The number of pyridine rings is 1. The van der Waals surface area contributed by atoms with Crippen LogP contribution in [0.2, 0.25) is 0 Å². The molecule has 2 N–H and O–H groups in total. The van der Waals surface area contributed by atoms with Gasteiger partial charge in [0, 0.05) is 31.9 Å². The van der Waals surface area contributed by atoms with E-state index in [0.717, 1.165) is 44.7 Å². The van der Waals surface area contributed by atoms with Crippen LogP contribution in [0.25, 0.3) is 0 Å². The Labute approximate surface area is 137 Å².